The van der Waals surface area contributed by atoms with E-state index in [9.17, 15) is 0 Å². The van der Waals surface area contributed by atoms with Gasteiger partial charge in [-0.15, -0.1) is 0 Å². The molecule has 2 saturated carbocycles. The molecule has 2 bridgehead atoms. The SMILES string of the molecule is CC1CCCC(CNC(C)C)(CN2CC3CCC2C3)C1. The zero-order valence-electron chi connectivity index (χ0n) is 13.8. The lowest BCUT2D eigenvalue weighted by atomic mass is 9.69. The molecule has 0 aromatic rings. The van der Waals surface area contributed by atoms with Crippen molar-refractivity contribution < 1.29 is 0 Å². The fraction of sp³-hybridized carbons (Fsp3) is 1.00. The van der Waals surface area contributed by atoms with Crippen molar-refractivity contribution in [3.8, 4) is 0 Å². The first-order valence-electron chi connectivity index (χ1n) is 9.04. The summed E-state index contributed by atoms with van der Waals surface area (Å²) in [5.41, 5.74) is 0.562. The Kier molecular flexibility index (Phi) is 4.42. The van der Waals surface area contributed by atoms with E-state index in [1.165, 1.54) is 64.6 Å². The zero-order valence-corrected chi connectivity index (χ0v) is 13.8. The number of nitrogens with zero attached hydrogens (tertiary/aromatic N) is 1. The lowest BCUT2D eigenvalue weighted by Crippen LogP contribution is -2.49. The number of rotatable bonds is 5. The number of fused-ring (bicyclic) bond motifs is 2. The molecule has 0 amide bonds. The van der Waals surface area contributed by atoms with Gasteiger partial charge in [-0.3, -0.25) is 4.90 Å². The van der Waals surface area contributed by atoms with E-state index in [0.717, 1.165) is 17.9 Å². The summed E-state index contributed by atoms with van der Waals surface area (Å²) >= 11 is 0. The van der Waals surface area contributed by atoms with Gasteiger partial charge in [-0.1, -0.05) is 33.6 Å². The van der Waals surface area contributed by atoms with Crippen molar-refractivity contribution in [2.75, 3.05) is 19.6 Å². The number of hydrogen-bond acceptors (Lipinski definition) is 2. The summed E-state index contributed by atoms with van der Waals surface area (Å²) in [6, 6.07) is 1.56. The second-order valence-electron chi connectivity index (χ2n) is 8.50. The molecule has 2 nitrogen and oxygen atoms in total. The van der Waals surface area contributed by atoms with E-state index in [1.54, 1.807) is 0 Å². The van der Waals surface area contributed by atoms with E-state index in [4.69, 9.17) is 0 Å². The number of nitrogens with one attached hydrogen (secondary N) is 1. The van der Waals surface area contributed by atoms with Gasteiger partial charge in [0.15, 0.2) is 0 Å². The molecular weight excluding hydrogens is 244 g/mol. The van der Waals surface area contributed by atoms with Gasteiger partial charge in [0, 0.05) is 31.7 Å². The van der Waals surface area contributed by atoms with Gasteiger partial charge >= 0.3 is 0 Å². The van der Waals surface area contributed by atoms with Crippen LogP contribution in [0, 0.1) is 17.3 Å². The molecule has 1 saturated heterocycles. The molecule has 3 fully saturated rings. The van der Waals surface area contributed by atoms with E-state index in [1.807, 2.05) is 0 Å². The highest BCUT2D eigenvalue weighted by Crippen LogP contribution is 2.44. The largest absolute Gasteiger partial charge is 0.314 e. The molecule has 0 radical (unpaired) electrons. The Bertz CT molecular complexity index is 327. The first-order chi connectivity index (χ1) is 9.56. The van der Waals surface area contributed by atoms with Gasteiger partial charge in [-0.25, -0.2) is 0 Å². The van der Waals surface area contributed by atoms with E-state index in [-0.39, 0.29) is 0 Å². The third kappa shape index (κ3) is 3.22. The monoisotopic (exact) mass is 278 g/mol. The quantitative estimate of drug-likeness (QED) is 0.825. The van der Waals surface area contributed by atoms with Gasteiger partial charge in [0.25, 0.3) is 0 Å². The average Bonchev–Trinajstić information content (AvgIpc) is 2.99. The van der Waals surface area contributed by atoms with Crippen LogP contribution in [0.25, 0.3) is 0 Å². The molecule has 0 aromatic carbocycles. The van der Waals surface area contributed by atoms with Crippen molar-refractivity contribution in [1.82, 2.24) is 10.2 Å². The Morgan fingerprint density at radius 1 is 1.25 bits per heavy atom. The Labute approximate surface area is 125 Å². The third-order valence-electron chi connectivity index (χ3n) is 6.13. The predicted molar refractivity (Wildman–Crippen MR) is 85.9 cm³/mol. The molecule has 116 valence electrons. The molecule has 0 spiro atoms. The van der Waals surface area contributed by atoms with Gasteiger partial charge in [-0.05, 0) is 49.4 Å². The summed E-state index contributed by atoms with van der Waals surface area (Å²) in [6.07, 6.45) is 10.3. The first-order valence-corrected chi connectivity index (χ1v) is 9.04. The standard InChI is InChI=1S/C18H34N2/c1-14(2)19-12-18(8-4-5-15(3)10-18)13-20-11-16-6-7-17(20)9-16/h14-17,19H,4-13H2,1-3H3. The van der Waals surface area contributed by atoms with E-state index in [0.29, 0.717) is 11.5 Å². The van der Waals surface area contributed by atoms with Gasteiger partial charge in [0.1, 0.15) is 0 Å². The highest BCUT2D eigenvalue weighted by Gasteiger charge is 2.43. The van der Waals surface area contributed by atoms with Crippen LogP contribution in [0.4, 0.5) is 0 Å². The van der Waals surface area contributed by atoms with Crippen LogP contribution in [0.2, 0.25) is 0 Å². The lowest BCUT2D eigenvalue weighted by Gasteiger charge is -2.45. The summed E-state index contributed by atoms with van der Waals surface area (Å²) in [5.74, 6) is 1.97. The maximum absolute atomic E-state index is 3.77. The summed E-state index contributed by atoms with van der Waals surface area (Å²) in [5, 5.41) is 3.77. The van der Waals surface area contributed by atoms with Gasteiger partial charge in [-0.2, -0.15) is 0 Å². The van der Waals surface area contributed by atoms with Gasteiger partial charge < -0.3 is 5.32 Å². The molecule has 1 heterocycles. The summed E-state index contributed by atoms with van der Waals surface area (Å²) in [7, 11) is 0. The number of piperidine rings is 1. The summed E-state index contributed by atoms with van der Waals surface area (Å²) < 4.78 is 0. The van der Waals surface area contributed by atoms with Crippen LogP contribution in [0.3, 0.4) is 0 Å². The van der Waals surface area contributed by atoms with Gasteiger partial charge in [0.05, 0.1) is 0 Å². The minimum Gasteiger partial charge on any atom is -0.314 e. The second kappa shape index (κ2) is 5.96. The fourth-order valence-corrected chi connectivity index (χ4v) is 5.20. The van der Waals surface area contributed by atoms with E-state index < -0.39 is 0 Å². The number of hydrogen-bond donors (Lipinski definition) is 1. The minimum absolute atomic E-state index is 0.562. The molecule has 4 unspecified atom stereocenters. The van der Waals surface area contributed by atoms with Crippen LogP contribution in [0.1, 0.15) is 65.7 Å². The van der Waals surface area contributed by atoms with Crippen LogP contribution < -0.4 is 5.32 Å². The highest BCUT2D eigenvalue weighted by atomic mass is 15.2. The molecule has 0 aromatic heterocycles. The minimum atomic E-state index is 0.562. The molecule has 3 rings (SSSR count). The highest BCUT2D eigenvalue weighted by molar-refractivity contribution is 4.97. The topological polar surface area (TPSA) is 15.3 Å². The Morgan fingerprint density at radius 2 is 2.10 bits per heavy atom. The van der Waals surface area contributed by atoms with Crippen molar-refractivity contribution in [1.29, 1.82) is 0 Å². The number of likely N-dealkylation sites (tertiary alicyclic amines) is 1. The molecule has 2 aliphatic carbocycles. The summed E-state index contributed by atoms with van der Waals surface area (Å²) in [6.45, 7) is 11.1. The average molecular weight is 278 g/mol. The van der Waals surface area contributed by atoms with Crippen LogP contribution in [-0.2, 0) is 0 Å². The smallest absolute Gasteiger partial charge is 0.00988 e. The maximum atomic E-state index is 3.77. The molecule has 1 aliphatic heterocycles. The third-order valence-corrected chi connectivity index (χ3v) is 6.13. The van der Waals surface area contributed by atoms with Crippen molar-refractivity contribution in [3.05, 3.63) is 0 Å². The first kappa shape index (κ1) is 14.8. The maximum Gasteiger partial charge on any atom is 0.00988 e. The van der Waals surface area contributed by atoms with Crippen LogP contribution in [-0.4, -0.2) is 36.6 Å². The summed E-state index contributed by atoms with van der Waals surface area (Å²) in [4.78, 5) is 2.87. The van der Waals surface area contributed by atoms with Crippen LogP contribution in [0.5, 0.6) is 0 Å². The van der Waals surface area contributed by atoms with Crippen LogP contribution in [0.15, 0.2) is 0 Å². The molecule has 3 aliphatic rings. The van der Waals surface area contributed by atoms with E-state index in [2.05, 4.69) is 31.0 Å². The molecular formula is C18H34N2. The fourth-order valence-electron chi connectivity index (χ4n) is 5.20. The van der Waals surface area contributed by atoms with Crippen molar-refractivity contribution in [2.45, 2.75) is 77.8 Å². The lowest BCUT2D eigenvalue weighted by molar-refractivity contribution is 0.0628. The van der Waals surface area contributed by atoms with Crippen molar-refractivity contribution >= 4 is 0 Å². The van der Waals surface area contributed by atoms with Crippen molar-refractivity contribution in [3.63, 3.8) is 0 Å². The van der Waals surface area contributed by atoms with E-state index >= 15 is 0 Å². The predicted octanol–water partition coefficient (Wildman–Crippen LogP) is 3.67. The van der Waals surface area contributed by atoms with Gasteiger partial charge in [0.2, 0.25) is 0 Å². The Morgan fingerprint density at radius 3 is 2.70 bits per heavy atom. The Hall–Kier alpha value is -0.0800. The molecule has 2 heteroatoms. The zero-order chi connectivity index (χ0) is 14.2. The normalized spacial score (nSPS) is 41.7. The molecule has 1 N–H and O–H groups in total. The molecule has 20 heavy (non-hydrogen) atoms. The Balaban J connectivity index is 1.65. The second-order valence-corrected chi connectivity index (χ2v) is 8.50. The van der Waals surface area contributed by atoms with Crippen molar-refractivity contribution in [2.24, 2.45) is 17.3 Å². The molecule has 4 atom stereocenters. The van der Waals surface area contributed by atoms with Crippen LogP contribution >= 0.6 is 0 Å².